The van der Waals surface area contributed by atoms with E-state index in [0.29, 0.717) is 12.3 Å². The molecule has 2 aromatic heterocycles. The first-order chi connectivity index (χ1) is 12.2. The molecule has 0 aliphatic rings. The second-order valence-corrected chi connectivity index (χ2v) is 7.01. The van der Waals surface area contributed by atoms with Crippen molar-refractivity contribution in [2.24, 2.45) is 0 Å². The summed E-state index contributed by atoms with van der Waals surface area (Å²) >= 11 is 1.70. The van der Waals surface area contributed by atoms with Crippen molar-refractivity contribution < 1.29 is 9.21 Å². The maximum atomic E-state index is 12.1. The molecule has 25 heavy (non-hydrogen) atoms. The van der Waals surface area contributed by atoms with E-state index < -0.39 is 0 Å². The number of amides is 1. The molecular formula is C19H17N3O2S. The molecule has 0 unspecified atom stereocenters. The van der Waals surface area contributed by atoms with E-state index in [1.54, 1.807) is 18.3 Å². The lowest BCUT2D eigenvalue weighted by Gasteiger charge is -2.04. The number of fused-ring (bicyclic) bond motifs is 2. The number of benzene rings is 2. The highest BCUT2D eigenvalue weighted by Crippen LogP contribution is 2.23. The summed E-state index contributed by atoms with van der Waals surface area (Å²) in [6.45, 7) is 1.81. The number of hydrogen-bond acceptors (Lipinski definition) is 5. The minimum atomic E-state index is 0.000628. The number of rotatable bonds is 5. The monoisotopic (exact) mass is 351 g/mol. The molecule has 5 nitrogen and oxygen atoms in total. The molecule has 0 saturated carbocycles. The van der Waals surface area contributed by atoms with E-state index in [1.807, 2.05) is 36.4 Å². The molecular weight excluding hydrogens is 334 g/mol. The third-order valence-electron chi connectivity index (χ3n) is 3.91. The van der Waals surface area contributed by atoms with Crippen LogP contribution < -0.4 is 5.32 Å². The summed E-state index contributed by atoms with van der Waals surface area (Å²) in [5.41, 5.74) is 3.25. The topological polar surface area (TPSA) is 68.0 Å². The van der Waals surface area contributed by atoms with Gasteiger partial charge >= 0.3 is 0 Å². The standard InChI is InChI=1S/C19H17N3O2S/c1-12-20-15-11-13(9-10-16(15)24-12)21-18(23)7-4-8-19-22-14-5-2-3-6-17(14)25-19/h2-3,5-6,9-11H,4,7-8H2,1H3,(H,21,23). The number of aryl methyl sites for hydroxylation is 2. The van der Waals surface area contributed by atoms with Crippen molar-refractivity contribution in [3.8, 4) is 0 Å². The quantitative estimate of drug-likeness (QED) is 0.565. The van der Waals surface area contributed by atoms with E-state index in [-0.39, 0.29) is 5.91 Å². The van der Waals surface area contributed by atoms with Crippen molar-refractivity contribution in [1.82, 2.24) is 9.97 Å². The molecule has 2 aromatic carbocycles. The summed E-state index contributed by atoms with van der Waals surface area (Å²) in [4.78, 5) is 21.0. The largest absolute Gasteiger partial charge is 0.441 e. The Hall–Kier alpha value is -2.73. The molecule has 4 aromatic rings. The van der Waals surface area contributed by atoms with Gasteiger partial charge in [-0.2, -0.15) is 0 Å². The van der Waals surface area contributed by atoms with Gasteiger partial charge in [0.2, 0.25) is 5.91 Å². The smallest absolute Gasteiger partial charge is 0.224 e. The van der Waals surface area contributed by atoms with Crippen molar-refractivity contribution in [1.29, 1.82) is 0 Å². The molecule has 0 atom stereocenters. The molecule has 1 amide bonds. The van der Waals surface area contributed by atoms with Gasteiger partial charge in [-0.25, -0.2) is 9.97 Å². The number of carbonyl (C=O) groups excluding carboxylic acids is 1. The maximum Gasteiger partial charge on any atom is 0.224 e. The summed E-state index contributed by atoms with van der Waals surface area (Å²) in [5, 5.41) is 4.00. The van der Waals surface area contributed by atoms with Crippen LogP contribution in [-0.2, 0) is 11.2 Å². The predicted molar refractivity (Wildman–Crippen MR) is 99.9 cm³/mol. The Morgan fingerprint density at radius 2 is 2.04 bits per heavy atom. The predicted octanol–water partition coefficient (Wildman–Crippen LogP) is 4.71. The Kier molecular flexibility index (Phi) is 4.19. The van der Waals surface area contributed by atoms with Gasteiger partial charge in [0, 0.05) is 19.0 Å². The minimum absolute atomic E-state index is 0.000628. The number of hydrogen-bond donors (Lipinski definition) is 1. The van der Waals surface area contributed by atoms with Gasteiger partial charge in [0.15, 0.2) is 11.5 Å². The van der Waals surface area contributed by atoms with Crippen LogP contribution in [0, 0.1) is 6.92 Å². The highest BCUT2D eigenvalue weighted by molar-refractivity contribution is 7.18. The minimum Gasteiger partial charge on any atom is -0.441 e. The fourth-order valence-corrected chi connectivity index (χ4v) is 3.78. The van der Waals surface area contributed by atoms with E-state index in [1.165, 1.54) is 4.70 Å². The Labute approximate surface area is 148 Å². The molecule has 126 valence electrons. The van der Waals surface area contributed by atoms with Gasteiger partial charge in [0.25, 0.3) is 0 Å². The lowest BCUT2D eigenvalue weighted by Crippen LogP contribution is -2.11. The molecule has 0 bridgehead atoms. The molecule has 0 spiro atoms. The normalized spacial score (nSPS) is 11.2. The zero-order chi connectivity index (χ0) is 17.2. The molecule has 0 saturated heterocycles. The van der Waals surface area contributed by atoms with Crippen LogP contribution in [0.3, 0.4) is 0 Å². The van der Waals surface area contributed by atoms with Crippen LogP contribution in [0.15, 0.2) is 46.9 Å². The number of aromatic nitrogens is 2. The number of nitrogens with zero attached hydrogens (tertiary/aromatic N) is 2. The fourth-order valence-electron chi connectivity index (χ4n) is 2.77. The highest BCUT2D eigenvalue weighted by Gasteiger charge is 2.08. The van der Waals surface area contributed by atoms with Crippen LogP contribution in [0.2, 0.25) is 0 Å². The van der Waals surface area contributed by atoms with Crippen LogP contribution in [0.1, 0.15) is 23.7 Å². The van der Waals surface area contributed by atoms with Gasteiger partial charge in [-0.3, -0.25) is 4.79 Å². The summed E-state index contributed by atoms with van der Waals surface area (Å²) in [7, 11) is 0. The molecule has 1 N–H and O–H groups in total. The van der Waals surface area contributed by atoms with E-state index in [0.717, 1.165) is 40.2 Å². The van der Waals surface area contributed by atoms with E-state index in [4.69, 9.17) is 4.42 Å². The first-order valence-corrected chi connectivity index (χ1v) is 9.00. The summed E-state index contributed by atoms with van der Waals surface area (Å²) in [6.07, 6.45) is 2.05. The second kappa shape index (κ2) is 6.64. The molecule has 0 fully saturated rings. The Balaban J connectivity index is 1.33. The van der Waals surface area contributed by atoms with Crippen molar-refractivity contribution in [2.45, 2.75) is 26.2 Å². The molecule has 0 aliphatic carbocycles. The Bertz CT molecular complexity index is 1020. The van der Waals surface area contributed by atoms with E-state index in [9.17, 15) is 4.79 Å². The number of anilines is 1. The summed E-state index contributed by atoms with van der Waals surface area (Å²) in [5.74, 6) is 0.620. The number of nitrogens with one attached hydrogen (secondary N) is 1. The number of para-hydroxylation sites is 1. The molecule has 4 rings (SSSR count). The average molecular weight is 351 g/mol. The third-order valence-corrected chi connectivity index (χ3v) is 5.01. The highest BCUT2D eigenvalue weighted by atomic mass is 32.1. The molecule has 2 heterocycles. The van der Waals surface area contributed by atoms with Crippen molar-refractivity contribution in [3.63, 3.8) is 0 Å². The molecule has 0 aliphatic heterocycles. The van der Waals surface area contributed by atoms with E-state index >= 15 is 0 Å². The van der Waals surface area contributed by atoms with Crippen LogP contribution in [0.5, 0.6) is 0 Å². The third kappa shape index (κ3) is 3.53. The second-order valence-electron chi connectivity index (χ2n) is 5.89. The number of carbonyl (C=O) groups is 1. The van der Waals surface area contributed by atoms with Crippen LogP contribution >= 0.6 is 11.3 Å². The van der Waals surface area contributed by atoms with Gasteiger partial charge in [-0.1, -0.05) is 12.1 Å². The average Bonchev–Trinajstić information content (AvgIpc) is 3.16. The first-order valence-electron chi connectivity index (χ1n) is 8.19. The molecule has 6 heteroatoms. The van der Waals surface area contributed by atoms with Crippen LogP contribution in [0.25, 0.3) is 21.3 Å². The Morgan fingerprint density at radius 1 is 1.16 bits per heavy atom. The van der Waals surface area contributed by atoms with E-state index in [2.05, 4.69) is 21.4 Å². The Morgan fingerprint density at radius 3 is 2.92 bits per heavy atom. The van der Waals surface area contributed by atoms with Crippen LogP contribution in [0.4, 0.5) is 5.69 Å². The van der Waals surface area contributed by atoms with Crippen molar-refractivity contribution >= 4 is 44.2 Å². The lowest BCUT2D eigenvalue weighted by molar-refractivity contribution is -0.116. The van der Waals surface area contributed by atoms with Crippen molar-refractivity contribution in [3.05, 3.63) is 53.4 Å². The summed E-state index contributed by atoms with van der Waals surface area (Å²) in [6, 6.07) is 13.6. The van der Waals surface area contributed by atoms with Crippen LogP contribution in [-0.4, -0.2) is 15.9 Å². The lowest BCUT2D eigenvalue weighted by atomic mass is 10.2. The number of oxazole rings is 1. The fraction of sp³-hybridized carbons (Fsp3) is 0.211. The zero-order valence-corrected chi connectivity index (χ0v) is 14.6. The van der Waals surface area contributed by atoms with Gasteiger partial charge < -0.3 is 9.73 Å². The van der Waals surface area contributed by atoms with Crippen molar-refractivity contribution in [2.75, 3.05) is 5.32 Å². The van der Waals surface area contributed by atoms with Gasteiger partial charge in [0.05, 0.1) is 15.2 Å². The SMILES string of the molecule is Cc1nc2cc(NC(=O)CCCc3nc4ccccc4s3)ccc2o1. The number of thiazole rings is 1. The first kappa shape index (κ1) is 15.8. The summed E-state index contributed by atoms with van der Waals surface area (Å²) < 4.78 is 6.63. The van der Waals surface area contributed by atoms with Gasteiger partial charge in [-0.05, 0) is 43.2 Å². The van der Waals surface area contributed by atoms with Gasteiger partial charge in [-0.15, -0.1) is 11.3 Å². The molecule has 0 radical (unpaired) electrons. The zero-order valence-electron chi connectivity index (χ0n) is 13.8. The maximum absolute atomic E-state index is 12.1. The van der Waals surface area contributed by atoms with Gasteiger partial charge in [0.1, 0.15) is 5.52 Å².